The molecule has 1 aliphatic rings. The number of hydrogen-bond donors (Lipinski definition) is 1. The van der Waals surface area contributed by atoms with Gasteiger partial charge in [0.2, 0.25) is 0 Å². The van der Waals surface area contributed by atoms with E-state index in [4.69, 9.17) is 11.6 Å². The van der Waals surface area contributed by atoms with Crippen molar-refractivity contribution >= 4 is 17.6 Å². The Morgan fingerprint density at radius 2 is 2.28 bits per heavy atom. The number of carboxylic acids is 1. The first kappa shape index (κ1) is 13.4. The van der Waals surface area contributed by atoms with Crippen LogP contribution in [0.2, 0.25) is 5.02 Å². The molecule has 1 N–H and O–H groups in total. The van der Waals surface area contributed by atoms with Crippen LogP contribution in [0.15, 0.2) is 24.3 Å². The van der Waals surface area contributed by atoms with E-state index in [2.05, 4.69) is 11.8 Å². The Morgan fingerprint density at radius 1 is 1.56 bits per heavy atom. The number of benzene rings is 1. The summed E-state index contributed by atoms with van der Waals surface area (Å²) in [4.78, 5) is 13.4. The van der Waals surface area contributed by atoms with E-state index < -0.39 is 11.4 Å². The Morgan fingerprint density at radius 3 is 2.83 bits per heavy atom. The molecule has 3 nitrogen and oxygen atoms in total. The summed E-state index contributed by atoms with van der Waals surface area (Å²) in [6.45, 7) is 5.33. The molecule has 0 radical (unpaired) electrons. The van der Waals surface area contributed by atoms with Crippen LogP contribution in [0, 0.1) is 5.41 Å². The van der Waals surface area contributed by atoms with Crippen molar-refractivity contribution in [3.63, 3.8) is 0 Å². The third-order valence-corrected chi connectivity index (χ3v) is 4.13. The van der Waals surface area contributed by atoms with Crippen molar-refractivity contribution in [2.24, 2.45) is 5.41 Å². The minimum Gasteiger partial charge on any atom is -0.481 e. The average molecular weight is 268 g/mol. The van der Waals surface area contributed by atoms with Gasteiger partial charge in [-0.2, -0.15) is 0 Å². The van der Waals surface area contributed by atoms with Crippen LogP contribution in [-0.2, 0) is 4.79 Å². The normalized spacial score (nSPS) is 26.2. The lowest BCUT2D eigenvalue weighted by Gasteiger charge is -2.26. The van der Waals surface area contributed by atoms with Gasteiger partial charge in [-0.25, -0.2) is 0 Å². The van der Waals surface area contributed by atoms with Crippen molar-refractivity contribution in [1.82, 2.24) is 4.90 Å². The van der Waals surface area contributed by atoms with Crippen LogP contribution in [-0.4, -0.2) is 29.1 Å². The van der Waals surface area contributed by atoms with E-state index in [-0.39, 0.29) is 6.04 Å². The maximum absolute atomic E-state index is 11.2. The molecule has 0 amide bonds. The van der Waals surface area contributed by atoms with Crippen molar-refractivity contribution in [1.29, 1.82) is 0 Å². The standard InChI is InChI=1S/C14H18ClNO2/c1-10(11-4-3-5-12(15)8-11)16-7-6-14(2,9-16)13(17)18/h3-5,8,10H,6-7,9H2,1-2H3,(H,17,18). The van der Waals surface area contributed by atoms with Crippen LogP contribution in [0.3, 0.4) is 0 Å². The van der Waals surface area contributed by atoms with Crippen molar-refractivity contribution < 1.29 is 9.90 Å². The fourth-order valence-corrected chi connectivity index (χ4v) is 2.68. The average Bonchev–Trinajstić information content (AvgIpc) is 2.72. The van der Waals surface area contributed by atoms with Gasteiger partial charge in [0.25, 0.3) is 0 Å². The molecule has 4 heteroatoms. The number of aliphatic carboxylic acids is 1. The fourth-order valence-electron chi connectivity index (χ4n) is 2.48. The monoisotopic (exact) mass is 267 g/mol. The first-order valence-electron chi connectivity index (χ1n) is 6.15. The minimum atomic E-state index is -0.705. The number of likely N-dealkylation sites (tertiary alicyclic amines) is 1. The number of nitrogens with zero attached hydrogens (tertiary/aromatic N) is 1. The van der Waals surface area contributed by atoms with E-state index in [0.29, 0.717) is 13.0 Å². The van der Waals surface area contributed by atoms with E-state index >= 15 is 0 Å². The first-order valence-corrected chi connectivity index (χ1v) is 6.53. The predicted molar refractivity (Wildman–Crippen MR) is 71.8 cm³/mol. The van der Waals surface area contributed by atoms with Gasteiger partial charge < -0.3 is 5.11 Å². The zero-order valence-corrected chi connectivity index (χ0v) is 11.4. The molecule has 0 bridgehead atoms. The van der Waals surface area contributed by atoms with Crippen LogP contribution in [0.25, 0.3) is 0 Å². The lowest BCUT2D eigenvalue weighted by atomic mass is 9.90. The maximum atomic E-state index is 11.2. The van der Waals surface area contributed by atoms with Gasteiger partial charge in [-0.3, -0.25) is 9.69 Å². The van der Waals surface area contributed by atoms with Crippen molar-refractivity contribution in [2.45, 2.75) is 26.3 Å². The molecular weight excluding hydrogens is 250 g/mol. The number of carboxylic acid groups (broad SMARTS) is 1. The molecule has 2 atom stereocenters. The molecule has 1 heterocycles. The van der Waals surface area contributed by atoms with Crippen molar-refractivity contribution in [3.05, 3.63) is 34.9 Å². The smallest absolute Gasteiger partial charge is 0.310 e. The number of carbonyl (C=O) groups is 1. The van der Waals surface area contributed by atoms with E-state index in [0.717, 1.165) is 17.1 Å². The van der Waals surface area contributed by atoms with Crippen LogP contribution < -0.4 is 0 Å². The number of hydrogen-bond acceptors (Lipinski definition) is 2. The molecule has 98 valence electrons. The van der Waals surface area contributed by atoms with Crippen LogP contribution in [0.4, 0.5) is 0 Å². The molecule has 1 aliphatic heterocycles. The van der Waals surface area contributed by atoms with Gasteiger partial charge >= 0.3 is 5.97 Å². The van der Waals surface area contributed by atoms with E-state index in [1.54, 1.807) is 0 Å². The van der Waals surface area contributed by atoms with Gasteiger partial charge in [0.1, 0.15) is 0 Å². The molecule has 2 unspecified atom stereocenters. The Hall–Kier alpha value is -1.06. The molecule has 1 fully saturated rings. The second-order valence-corrected chi connectivity index (χ2v) is 5.75. The van der Waals surface area contributed by atoms with Crippen LogP contribution >= 0.6 is 11.6 Å². The quantitative estimate of drug-likeness (QED) is 0.914. The second-order valence-electron chi connectivity index (χ2n) is 5.32. The first-order chi connectivity index (χ1) is 8.42. The van der Waals surface area contributed by atoms with E-state index in [1.165, 1.54) is 0 Å². The highest BCUT2D eigenvalue weighted by atomic mass is 35.5. The molecule has 0 saturated carbocycles. The second kappa shape index (κ2) is 4.90. The molecule has 1 aromatic rings. The maximum Gasteiger partial charge on any atom is 0.310 e. The molecule has 2 rings (SSSR count). The summed E-state index contributed by atoms with van der Waals surface area (Å²) in [6, 6.07) is 7.96. The molecule has 0 aliphatic carbocycles. The van der Waals surface area contributed by atoms with E-state index in [1.807, 2.05) is 31.2 Å². The van der Waals surface area contributed by atoms with Crippen LogP contribution in [0.5, 0.6) is 0 Å². The molecule has 18 heavy (non-hydrogen) atoms. The fraction of sp³-hybridized carbons (Fsp3) is 0.500. The van der Waals surface area contributed by atoms with Gasteiger partial charge in [0, 0.05) is 17.6 Å². The molecular formula is C14H18ClNO2. The Labute approximate surface area is 112 Å². The molecule has 1 saturated heterocycles. The lowest BCUT2D eigenvalue weighted by Crippen LogP contribution is -2.32. The van der Waals surface area contributed by atoms with Gasteiger partial charge in [0.15, 0.2) is 0 Å². The van der Waals surface area contributed by atoms with E-state index in [9.17, 15) is 9.90 Å². The largest absolute Gasteiger partial charge is 0.481 e. The lowest BCUT2D eigenvalue weighted by molar-refractivity contribution is -0.147. The third-order valence-electron chi connectivity index (χ3n) is 3.90. The van der Waals surface area contributed by atoms with Gasteiger partial charge in [-0.1, -0.05) is 23.7 Å². The topological polar surface area (TPSA) is 40.5 Å². The summed E-state index contributed by atoms with van der Waals surface area (Å²) >= 11 is 5.99. The highest BCUT2D eigenvalue weighted by Crippen LogP contribution is 2.35. The third kappa shape index (κ3) is 2.52. The summed E-state index contributed by atoms with van der Waals surface area (Å²) in [7, 11) is 0. The SMILES string of the molecule is CC(c1cccc(Cl)c1)N1CCC(C)(C(=O)O)C1. The van der Waals surface area contributed by atoms with Gasteiger partial charge in [0.05, 0.1) is 5.41 Å². The van der Waals surface area contributed by atoms with Crippen molar-refractivity contribution in [3.8, 4) is 0 Å². The predicted octanol–water partition coefficient (Wildman–Crippen LogP) is 3.20. The summed E-state index contributed by atoms with van der Waals surface area (Å²) in [5, 5.41) is 9.96. The Bertz CT molecular complexity index is 463. The summed E-state index contributed by atoms with van der Waals surface area (Å²) in [6.07, 6.45) is 0.702. The number of rotatable bonds is 3. The number of halogens is 1. The molecule has 0 aromatic heterocycles. The zero-order chi connectivity index (χ0) is 13.3. The zero-order valence-electron chi connectivity index (χ0n) is 10.7. The summed E-state index contributed by atoms with van der Waals surface area (Å²) in [5.74, 6) is -0.705. The Balaban J connectivity index is 2.12. The highest BCUT2D eigenvalue weighted by molar-refractivity contribution is 6.30. The van der Waals surface area contributed by atoms with Crippen LogP contribution in [0.1, 0.15) is 31.9 Å². The summed E-state index contributed by atoms with van der Waals surface area (Å²) in [5.41, 5.74) is 0.518. The van der Waals surface area contributed by atoms with Gasteiger partial charge in [-0.15, -0.1) is 0 Å². The highest BCUT2D eigenvalue weighted by Gasteiger charge is 2.41. The molecule has 1 aromatic carbocycles. The van der Waals surface area contributed by atoms with Crippen molar-refractivity contribution in [2.75, 3.05) is 13.1 Å². The minimum absolute atomic E-state index is 0.199. The summed E-state index contributed by atoms with van der Waals surface area (Å²) < 4.78 is 0. The Kier molecular flexibility index (Phi) is 3.64. The molecule has 0 spiro atoms. The van der Waals surface area contributed by atoms with Gasteiger partial charge in [-0.05, 0) is 44.5 Å².